The van der Waals surface area contributed by atoms with E-state index in [1.807, 2.05) is 23.9 Å². The van der Waals surface area contributed by atoms with Crippen molar-refractivity contribution in [3.05, 3.63) is 18.0 Å². The minimum absolute atomic E-state index is 0.117. The number of carbonyl (C=O) groups excluding carboxylic acids is 1. The van der Waals surface area contributed by atoms with Gasteiger partial charge in [0.1, 0.15) is 0 Å². The van der Waals surface area contributed by atoms with E-state index in [4.69, 9.17) is 0 Å². The minimum atomic E-state index is 0.117. The first kappa shape index (κ1) is 14.7. The molecule has 0 unspecified atom stereocenters. The zero-order valence-electron chi connectivity index (χ0n) is 11.4. The van der Waals surface area contributed by atoms with Crippen LogP contribution in [0.25, 0.3) is 0 Å². The molecule has 0 saturated heterocycles. The lowest BCUT2D eigenvalue weighted by atomic mass is 10.3. The maximum Gasteiger partial charge on any atom is 0.221 e. The van der Waals surface area contributed by atoms with E-state index in [2.05, 4.69) is 22.7 Å². The van der Waals surface area contributed by atoms with Crippen LogP contribution in [0.3, 0.4) is 0 Å². The lowest BCUT2D eigenvalue weighted by Crippen LogP contribution is -2.28. The third-order valence-corrected chi connectivity index (χ3v) is 2.65. The maximum absolute atomic E-state index is 11.4. The highest BCUT2D eigenvalue weighted by Gasteiger charge is 2.02. The Labute approximate surface area is 109 Å². The number of amides is 1. The van der Waals surface area contributed by atoms with Crippen LogP contribution in [-0.2, 0) is 17.9 Å². The third kappa shape index (κ3) is 5.31. The molecule has 5 heteroatoms. The zero-order chi connectivity index (χ0) is 13.2. The van der Waals surface area contributed by atoms with Crippen molar-refractivity contribution in [2.45, 2.75) is 46.2 Å². The second-order valence-electron chi connectivity index (χ2n) is 4.32. The average molecular weight is 252 g/mol. The SMILES string of the molecule is CCCNC(=O)CCNCc1ccnn1CCC. The fraction of sp³-hybridized carbons (Fsp3) is 0.692. The Morgan fingerprint density at radius 3 is 2.89 bits per heavy atom. The van der Waals surface area contributed by atoms with Crippen LogP contribution >= 0.6 is 0 Å². The van der Waals surface area contributed by atoms with Crippen molar-refractivity contribution in [1.82, 2.24) is 20.4 Å². The molecule has 1 aromatic heterocycles. The highest BCUT2D eigenvalue weighted by atomic mass is 16.1. The van der Waals surface area contributed by atoms with Gasteiger partial charge in [-0.15, -0.1) is 0 Å². The number of hydrogen-bond donors (Lipinski definition) is 2. The van der Waals surface area contributed by atoms with Gasteiger partial charge in [-0.1, -0.05) is 13.8 Å². The van der Waals surface area contributed by atoms with Crippen LogP contribution in [-0.4, -0.2) is 28.8 Å². The summed E-state index contributed by atoms with van der Waals surface area (Å²) in [4.78, 5) is 11.4. The van der Waals surface area contributed by atoms with Crippen molar-refractivity contribution >= 4 is 5.91 Å². The van der Waals surface area contributed by atoms with E-state index in [1.165, 1.54) is 5.69 Å². The summed E-state index contributed by atoms with van der Waals surface area (Å²) < 4.78 is 2.00. The van der Waals surface area contributed by atoms with Gasteiger partial charge in [-0.05, 0) is 18.9 Å². The lowest BCUT2D eigenvalue weighted by molar-refractivity contribution is -0.120. The molecule has 102 valence electrons. The molecule has 0 fully saturated rings. The first-order valence-electron chi connectivity index (χ1n) is 6.76. The summed E-state index contributed by atoms with van der Waals surface area (Å²) in [6, 6.07) is 2.01. The summed E-state index contributed by atoms with van der Waals surface area (Å²) in [5.41, 5.74) is 1.17. The van der Waals surface area contributed by atoms with Crippen molar-refractivity contribution in [2.75, 3.05) is 13.1 Å². The lowest BCUT2D eigenvalue weighted by Gasteiger charge is -2.08. The second-order valence-corrected chi connectivity index (χ2v) is 4.32. The Hall–Kier alpha value is -1.36. The normalized spacial score (nSPS) is 10.6. The van der Waals surface area contributed by atoms with Crippen LogP contribution in [0.4, 0.5) is 0 Å². The number of hydrogen-bond acceptors (Lipinski definition) is 3. The fourth-order valence-corrected chi connectivity index (χ4v) is 1.69. The Kier molecular flexibility index (Phi) is 7.10. The molecule has 0 aliphatic rings. The summed E-state index contributed by atoms with van der Waals surface area (Å²) >= 11 is 0. The van der Waals surface area contributed by atoms with Crippen molar-refractivity contribution < 1.29 is 4.79 Å². The summed E-state index contributed by atoms with van der Waals surface area (Å²) in [6.45, 7) is 7.36. The van der Waals surface area contributed by atoms with E-state index in [1.54, 1.807) is 0 Å². The smallest absolute Gasteiger partial charge is 0.221 e. The standard InChI is InChI=1S/C13H24N4O/c1-3-7-15-13(18)6-8-14-11-12-5-9-16-17(12)10-4-2/h5,9,14H,3-4,6-8,10-11H2,1-2H3,(H,15,18). The van der Waals surface area contributed by atoms with Gasteiger partial charge in [0.15, 0.2) is 0 Å². The Balaban J connectivity index is 2.17. The van der Waals surface area contributed by atoms with Crippen LogP contribution in [0.15, 0.2) is 12.3 Å². The molecule has 1 heterocycles. The summed E-state index contributed by atoms with van der Waals surface area (Å²) in [5.74, 6) is 0.117. The van der Waals surface area contributed by atoms with E-state index in [9.17, 15) is 4.79 Å². The van der Waals surface area contributed by atoms with Gasteiger partial charge < -0.3 is 10.6 Å². The van der Waals surface area contributed by atoms with E-state index in [0.29, 0.717) is 13.0 Å². The van der Waals surface area contributed by atoms with Crippen molar-refractivity contribution in [2.24, 2.45) is 0 Å². The maximum atomic E-state index is 11.4. The summed E-state index contributed by atoms with van der Waals surface area (Å²) in [7, 11) is 0. The van der Waals surface area contributed by atoms with Gasteiger partial charge in [-0.2, -0.15) is 5.10 Å². The van der Waals surface area contributed by atoms with E-state index >= 15 is 0 Å². The molecular formula is C13H24N4O. The van der Waals surface area contributed by atoms with E-state index in [-0.39, 0.29) is 5.91 Å². The first-order chi connectivity index (χ1) is 8.77. The molecule has 0 aliphatic carbocycles. The van der Waals surface area contributed by atoms with Gasteiger partial charge in [-0.3, -0.25) is 9.48 Å². The molecular weight excluding hydrogens is 228 g/mol. The molecule has 0 saturated carbocycles. The highest BCUT2D eigenvalue weighted by Crippen LogP contribution is 1.99. The predicted molar refractivity (Wildman–Crippen MR) is 72.1 cm³/mol. The number of nitrogens with one attached hydrogen (secondary N) is 2. The van der Waals surface area contributed by atoms with Gasteiger partial charge >= 0.3 is 0 Å². The van der Waals surface area contributed by atoms with Gasteiger partial charge in [0, 0.05) is 38.8 Å². The molecule has 1 rings (SSSR count). The molecule has 1 amide bonds. The molecule has 0 spiro atoms. The molecule has 0 aromatic carbocycles. The molecule has 0 aliphatic heterocycles. The minimum Gasteiger partial charge on any atom is -0.356 e. The third-order valence-electron chi connectivity index (χ3n) is 2.65. The largest absolute Gasteiger partial charge is 0.356 e. The molecule has 2 N–H and O–H groups in total. The molecule has 1 aromatic rings. The molecule has 0 radical (unpaired) electrons. The number of rotatable bonds is 9. The monoisotopic (exact) mass is 252 g/mol. The Morgan fingerprint density at radius 1 is 1.33 bits per heavy atom. The van der Waals surface area contributed by atoms with Crippen LogP contribution in [0.2, 0.25) is 0 Å². The first-order valence-corrected chi connectivity index (χ1v) is 6.76. The van der Waals surface area contributed by atoms with Crippen LogP contribution < -0.4 is 10.6 Å². The number of aromatic nitrogens is 2. The average Bonchev–Trinajstić information content (AvgIpc) is 2.80. The van der Waals surface area contributed by atoms with Gasteiger partial charge in [0.05, 0.1) is 5.69 Å². The number of nitrogens with zero attached hydrogens (tertiary/aromatic N) is 2. The Morgan fingerprint density at radius 2 is 2.17 bits per heavy atom. The molecule has 0 atom stereocenters. The number of carbonyl (C=O) groups is 1. The fourth-order valence-electron chi connectivity index (χ4n) is 1.69. The number of aryl methyl sites for hydroxylation is 1. The van der Waals surface area contributed by atoms with Crippen molar-refractivity contribution in [1.29, 1.82) is 0 Å². The quantitative estimate of drug-likeness (QED) is 0.651. The van der Waals surface area contributed by atoms with E-state index in [0.717, 1.165) is 32.5 Å². The predicted octanol–water partition coefficient (Wildman–Crippen LogP) is 1.30. The molecule has 18 heavy (non-hydrogen) atoms. The van der Waals surface area contributed by atoms with Gasteiger partial charge in [-0.25, -0.2) is 0 Å². The Bertz CT molecular complexity index is 349. The van der Waals surface area contributed by atoms with E-state index < -0.39 is 0 Å². The summed E-state index contributed by atoms with van der Waals surface area (Å²) in [6.07, 6.45) is 4.41. The highest BCUT2D eigenvalue weighted by molar-refractivity contribution is 5.75. The van der Waals surface area contributed by atoms with Gasteiger partial charge in [0.2, 0.25) is 5.91 Å². The molecule has 0 bridgehead atoms. The van der Waals surface area contributed by atoms with Crippen molar-refractivity contribution in [3.63, 3.8) is 0 Å². The van der Waals surface area contributed by atoms with Crippen LogP contribution in [0.1, 0.15) is 38.8 Å². The molecule has 5 nitrogen and oxygen atoms in total. The summed E-state index contributed by atoms with van der Waals surface area (Å²) in [5, 5.41) is 10.4. The second kappa shape index (κ2) is 8.69. The van der Waals surface area contributed by atoms with Crippen LogP contribution in [0.5, 0.6) is 0 Å². The topological polar surface area (TPSA) is 59.0 Å². The van der Waals surface area contributed by atoms with Gasteiger partial charge in [0.25, 0.3) is 0 Å². The van der Waals surface area contributed by atoms with Crippen LogP contribution in [0, 0.1) is 0 Å². The van der Waals surface area contributed by atoms with Crippen molar-refractivity contribution in [3.8, 4) is 0 Å². The zero-order valence-corrected chi connectivity index (χ0v) is 11.4.